The highest BCUT2D eigenvalue weighted by Crippen LogP contribution is 2.54. The third-order valence-corrected chi connectivity index (χ3v) is 5.91. The molecular formula is C21H20O7. The summed E-state index contributed by atoms with van der Waals surface area (Å²) in [5.41, 5.74) is 2.45. The largest absolute Gasteiger partial charge is 0.493 e. The third-order valence-electron chi connectivity index (χ3n) is 5.91. The lowest BCUT2D eigenvalue weighted by Crippen LogP contribution is -2.34. The molecule has 0 radical (unpaired) electrons. The van der Waals surface area contributed by atoms with Crippen molar-refractivity contribution in [3.63, 3.8) is 0 Å². The molecule has 0 spiro atoms. The van der Waals surface area contributed by atoms with Crippen molar-refractivity contribution < 1.29 is 33.6 Å². The van der Waals surface area contributed by atoms with Gasteiger partial charge in [-0.1, -0.05) is 6.07 Å². The number of benzene rings is 2. The predicted molar refractivity (Wildman–Crippen MR) is 96.9 cm³/mol. The number of hydrogen-bond acceptors (Lipinski definition) is 7. The number of rotatable bonds is 3. The van der Waals surface area contributed by atoms with Gasteiger partial charge in [-0.25, -0.2) is 0 Å². The van der Waals surface area contributed by atoms with Gasteiger partial charge >= 0.3 is 5.97 Å². The Labute approximate surface area is 161 Å². The Kier molecular flexibility index (Phi) is 3.87. The zero-order valence-electron chi connectivity index (χ0n) is 15.5. The van der Waals surface area contributed by atoms with Crippen molar-refractivity contribution in [1.82, 2.24) is 0 Å². The minimum Gasteiger partial charge on any atom is -0.493 e. The molecular weight excluding hydrogens is 364 g/mol. The van der Waals surface area contributed by atoms with Crippen molar-refractivity contribution in [2.45, 2.75) is 12.0 Å². The molecule has 0 amide bonds. The maximum atomic E-state index is 12.6. The first kappa shape index (κ1) is 17.2. The average Bonchev–Trinajstić information content (AvgIpc) is 3.34. The van der Waals surface area contributed by atoms with E-state index in [-0.39, 0.29) is 31.2 Å². The Bertz CT molecular complexity index is 954. The number of cyclic esters (lactones) is 1. The first-order valence-corrected chi connectivity index (χ1v) is 9.12. The van der Waals surface area contributed by atoms with Crippen LogP contribution in [0.2, 0.25) is 0 Å². The standard InChI is InChI=1S/C21H20O7/c1-24-15-6-11-12(7-16(15)25-2)20(22)13-8-26-21(23)19(13)18(11)10-3-4-14-17(5-10)28-9-27-14/h3-7,13,18-20,22H,8-9H2,1-2H3. The van der Waals surface area contributed by atoms with Gasteiger partial charge in [-0.2, -0.15) is 0 Å². The molecule has 1 aliphatic carbocycles. The van der Waals surface area contributed by atoms with E-state index >= 15 is 0 Å². The molecule has 5 rings (SSSR count). The van der Waals surface area contributed by atoms with E-state index in [2.05, 4.69) is 0 Å². The van der Waals surface area contributed by atoms with Crippen LogP contribution >= 0.6 is 0 Å². The Morgan fingerprint density at radius 1 is 0.964 bits per heavy atom. The number of ether oxygens (including phenoxy) is 5. The van der Waals surface area contributed by atoms with Crippen molar-refractivity contribution in [3.8, 4) is 23.0 Å². The van der Waals surface area contributed by atoms with E-state index in [1.165, 1.54) is 0 Å². The summed E-state index contributed by atoms with van der Waals surface area (Å²) in [7, 11) is 3.12. The monoisotopic (exact) mass is 384 g/mol. The zero-order chi connectivity index (χ0) is 19.4. The second-order valence-corrected chi connectivity index (χ2v) is 7.19. The van der Waals surface area contributed by atoms with Crippen LogP contribution in [0.25, 0.3) is 0 Å². The molecule has 4 atom stereocenters. The van der Waals surface area contributed by atoms with E-state index in [4.69, 9.17) is 23.7 Å². The highest BCUT2D eigenvalue weighted by molar-refractivity contribution is 5.78. The van der Waals surface area contributed by atoms with E-state index in [0.29, 0.717) is 23.0 Å². The van der Waals surface area contributed by atoms with Crippen LogP contribution in [0.15, 0.2) is 30.3 Å². The molecule has 1 N–H and O–H groups in total. The van der Waals surface area contributed by atoms with Gasteiger partial charge in [0.05, 0.1) is 32.8 Å². The van der Waals surface area contributed by atoms with Crippen LogP contribution in [0.4, 0.5) is 0 Å². The molecule has 4 unspecified atom stereocenters. The summed E-state index contributed by atoms with van der Waals surface area (Å²) >= 11 is 0. The smallest absolute Gasteiger partial charge is 0.310 e. The molecule has 1 fully saturated rings. The molecule has 28 heavy (non-hydrogen) atoms. The molecule has 2 heterocycles. The second kappa shape index (κ2) is 6.31. The molecule has 2 aromatic carbocycles. The minimum atomic E-state index is -0.823. The van der Waals surface area contributed by atoms with Gasteiger partial charge in [0.1, 0.15) is 0 Å². The fraction of sp³-hybridized carbons (Fsp3) is 0.381. The lowest BCUT2D eigenvalue weighted by molar-refractivity contribution is -0.141. The van der Waals surface area contributed by atoms with Gasteiger partial charge in [0.25, 0.3) is 0 Å². The first-order chi connectivity index (χ1) is 13.6. The van der Waals surface area contributed by atoms with E-state index in [9.17, 15) is 9.90 Å². The third kappa shape index (κ3) is 2.36. The van der Waals surface area contributed by atoms with Crippen molar-refractivity contribution in [1.29, 1.82) is 0 Å². The van der Waals surface area contributed by atoms with Crippen molar-refractivity contribution >= 4 is 5.97 Å². The topological polar surface area (TPSA) is 83.5 Å². The quantitative estimate of drug-likeness (QED) is 0.814. The average molecular weight is 384 g/mol. The minimum absolute atomic E-state index is 0.178. The van der Waals surface area contributed by atoms with Crippen LogP contribution in [-0.4, -0.2) is 38.7 Å². The Hall–Kier alpha value is -2.93. The number of carbonyl (C=O) groups is 1. The van der Waals surface area contributed by atoms with Gasteiger partial charge in [-0.05, 0) is 41.0 Å². The number of aliphatic hydroxyl groups is 1. The van der Waals surface area contributed by atoms with E-state index in [0.717, 1.165) is 16.7 Å². The number of methoxy groups -OCH3 is 2. The molecule has 0 saturated carbocycles. The maximum Gasteiger partial charge on any atom is 0.310 e. The zero-order valence-corrected chi connectivity index (χ0v) is 15.5. The summed E-state index contributed by atoms with van der Waals surface area (Å²) in [5, 5.41) is 11.0. The summed E-state index contributed by atoms with van der Waals surface area (Å²) in [6, 6.07) is 9.30. The van der Waals surface area contributed by atoms with Crippen LogP contribution in [0.3, 0.4) is 0 Å². The molecule has 0 bridgehead atoms. The molecule has 3 aliphatic rings. The highest BCUT2D eigenvalue weighted by Gasteiger charge is 2.52. The van der Waals surface area contributed by atoms with Crippen LogP contribution in [0, 0.1) is 11.8 Å². The number of fused-ring (bicyclic) bond motifs is 3. The van der Waals surface area contributed by atoms with Gasteiger partial charge in [0, 0.05) is 11.8 Å². The summed E-state index contributed by atoms with van der Waals surface area (Å²) in [4.78, 5) is 12.6. The van der Waals surface area contributed by atoms with Crippen molar-refractivity contribution in [3.05, 3.63) is 47.0 Å². The Balaban J connectivity index is 1.72. The van der Waals surface area contributed by atoms with Gasteiger partial charge in [0.2, 0.25) is 6.79 Å². The van der Waals surface area contributed by atoms with E-state index in [1.54, 1.807) is 20.3 Å². The summed E-state index contributed by atoms with van der Waals surface area (Å²) in [6.45, 7) is 0.372. The normalized spacial score (nSPS) is 27.0. The van der Waals surface area contributed by atoms with Gasteiger partial charge in [-0.3, -0.25) is 4.79 Å². The summed E-state index contributed by atoms with van der Waals surface area (Å²) in [5.74, 6) is 0.998. The van der Waals surface area contributed by atoms with Gasteiger partial charge in [0.15, 0.2) is 23.0 Å². The van der Waals surface area contributed by atoms with Crippen LogP contribution < -0.4 is 18.9 Å². The molecule has 146 valence electrons. The van der Waals surface area contributed by atoms with Crippen molar-refractivity contribution in [2.24, 2.45) is 11.8 Å². The van der Waals surface area contributed by atoms with Crippen LogP contribution in [-0.2, 0) is 9.53 Å². The van der Waals surface area contributed by atoms with Gasteiger partial charge in [-0.15, -0.1) is 0 Å². The Morgan fingerprint density at radius 2 is 1.68 bits per heavy atom. The molecule has 2 aromatic rings. The number of esters is 1. The number of hydrogen-bond donors (Lipinski definition) is 1. The van der Waals surface area contributed by atoms with E-state index in [1.807, 2.05) is 24.3 Å². The second-order valence-electron chi connectivity index (χ2n) is 7.19. The fourth-order valence-electron chi connectivity index (χ4n) is 4.58. The van der Waals surface area contributed by atoms with Crippen LogP contribution in [0.5, 0.6) is 23.0 Å². The summed E-state index contributed by atoms with van der Waals surface area (Å²) in [6.07, 6.45) is -0.823. The Morgan fingerprint density at radius 3 is 2.43 bits per heavy atom. The van der Waals surface area contributed by atoms with Crippen LogP contribution in [0.1, 0.15) is 28.7 Å². The maximum absolute atomic E-state index is 12.6. The summed E-state index contributed by atoms with van der Waals surface area (Å²) < 4.78 is 27.2. The highest BCUT2D eigenvalue weighted by atomic mass is 16.7. The van der Waals surface area contributed by atoms with Crippen molar-refractivity contribution in [2.75, 3.05) is 27.6 Å². The fourth-order valence-corrected chi connectivity index (χ4v) is 4.58. The van der Waals surface area contributed by atoms with Gasteiger partial charge < -0.3 is 28.8 Å². The first-order valence-electron chi connectivity index (χ1n) is 9.12. The molecule has 2 aliphatic heterocycles. The number of aliphatic hydroxyl groups excluding tert-OH is 1. The molecule has 0 aromatic heterocycles. The SMILES string of the molecule is COc1cc2c(cc1OC)C(c1ccc3c(c1)OCO3)C1C(=O)OCC1C2O. The lowest BCUT2D eigenvalue weighted by atomic mass is 9.66. The lowest BCUT2D eigenvalue weighted by Gasteiger charge is -2.37. The molecule has 7 heteroatoms. The molecule has 7 nitrogen and oxygen atoms in total. The predicted octanol–water partition coefficient (Wildman–Crippen LogP) is 2.40. The number of carbonyl (C=O) groups excluding carboxylic acids is 1. The van der Waals surface area contributed by atoms with E-state index < -0.39 is 12.0 Å². The molecule has 1 saturated heterocycles.